The second-order valence-electron chi connectivity index (χ2n) is 6.09. The molecule has 0 aromatic carbocycles. The minimum absolute atomic E-state index is 0.483. The maximum Gasteiger partial charge on any atom is 0.104 e. The topological polar surface area (TPSA) is 20.2 Å². The molecule has 3 fully saturated rings. The summed E-state index contributed by atoms with van der Waals surface area (Å²) in [6, 6.07) is 1.93. The fraction of sp³-hybridized carbons (Fsp3) is 0.714. The number of halogens is 1. The van der Waals surface area contributed by atoms with E-state index in [9.17, 15) is 5.11 Å². The van der Waals surface area contributed by atoms with Gasteiger partial charge in [0.15, 0.2) is 0 Å². The van der Waals surface area contributed by atoms with Crippen LogP contribution >= 0.6 is 22.9 Å². The molecule has 3 heteroatoms. The molecule has 0 radical (unpaired) electrons. The van der Waals surface area contributed by atoms with Crippen molar-refractivity contribution in [1.82, 2.24) is 0 Å². The monoisotopic (exact) mass is 268 g/mol. The van der Waals surface area contributed by atoms with Gasteiger partial charge in [-0.15, -0.1) is 11.3 Å². The standard InChI is InChI=1S/C14H17ClOS/c15-12-4-5-17-13(12)14(16)7-8-6-11(14)10-3-1-2-9(8)10/h4-5,8-11,16H,1-3,6-7H2. The summed E-state index contributed by atoms with van der Waals surface area (Å²) >= 11 is 7.88. The van der Waals surface area contributed by atoms with Gasteiger partial charge >= 0.3 is 0 Å². The van der Waals surface area contributed by atoms with Gasteiger partial charge in [0.25, 0.3) is 0 Å². The van der Waals surface area contributed by atoms with Crippen molar-refractivity contribution in [3.63, 3.8) is 0 Å². The predicted molar refractivity (Wildman–Crippen MR) is 70.3 cm³/mol. The normalized spacial score (nSPS) is 47.6. The minimum atomic E-state index is -0.596. The Balaban J connectivity index is 1.75. The van der Waals surface area contributed by atoms with Crippen LogP contribution in [0.3, 0.4) is 0 Å². The van der Waals surface area contributed by atoms with Crippen molar-refractivity contribution in [2.75, 3.05) is 0 Å². The second-order valence-corrected chi connectivity index (χ2v) is 7.41. The molecule has 3 aliphatic carbocycles. The van der Waals surface area contributed by atoms with Crippen molar-refractivity contribution in [2.45, 2.75) is 37.7 Å². The quantitative estimate of drug-likeness (QED) is 0.815. The highest BCUT2D eigenvalue weighted by atomic mass is 35.5. The fourth-order valence-electron chi connectivity index (χ4n) is 4.98. The van der Waals surface area contributed by atoms with Crippen molar-refractivity contribution in [1.29, 1.82) is 0 Å². The molecule has 3 saturated carbocycles. The van der Waals surface area contributed by atoms with E-state index in [1.165, 1.54) is 25.7 Å². The molecule has 5 unspecified atom stereocenters. The maximum atomic E-state index is 11.1. The molecule has 0 saturated heterocycles. The van der Waals surface area contributed by atoms with Crippen LogP contribution in [0.4, 0.5) is 0 Å². The summed E-state index contributed by atoms with van der Waals surface area (Å²) in [5, 5.41) is 13.9. The third-order valence-corrected chi connectivity index (χ3v) is 7.01. The van der Waals surface area contributed by atoms with Crippen LogP contribution in [0, 0.1) is 23.7 Å². The summed E-state index contributed by atoms with van der Waals surface area (Å²) < 4.78 is 0. The summed E-state index contributed by atoms with van der Waals surface area (Å²) in [6.45, 7) is 0. The van der Waals surface area contributed by atoms with Gasteiger partial charge in [-0.2, -0.15) is 0 Å². The molecule has 0 spiro atoms. The zero-order chi connectivity index (χ0) is 11.6. The average molecular weight is 269 g/mol. The third-order valence-electron chi connectivity index (χ3n) is 5.50. The lowest BCUT2D eigenvalue weighted by atomic mass is 9.72. The molecule has 4 rings (SSSR count). The van der Waals surface area contributed by atoms with Gasteiger partial charge < -0.3 is 5.11 Å². The van der Waals surface area contributed by atoms with E-state index in [-0.39, 0.29) is 0 Å². The van der Waals surface area contributed by atoms with Gasteiger partial charge in [-0.3, -0.25) is 0 Å². The van der Waals surface area contributed by atoms with Crippen molar-refractivity contribution in [3.8, 4) is 0 Å². The lowest BCUT2D eigenvalue weighted by Crippen LogP contribution is -2.38. The van der Waals surface area contributed by atoms with Gasteiger partial charge in [0.05, 0.1) is 9.90 Å². The molecule has 1 heterocycles. The van der Waals surface area contributed by atoms with Gasteiger partial charge in [0.1, 0.15) is 5.60 Å². The molecule has 0 aliphatic heterocycles. The minimum Gasteiger partial charge on any atom is -0.384 e. The molecule has 92 valence electrons. The number of thiophene rings is 1. The van der Waals surface area contributed by atoms with Crippen LogP contribution in [0.25, 0.3) is 0 Å². The SMILES string of the molecule is OC1(c2sccc2Cl)CC2CC1C1CCCC21. The Hall–Kier alpha value is -0.0500. The zero-order valence-corrected chi connectivity index (χ0v) is 11.3. The highest BCUT2D eigenvalue weighted by Crippen LogP contribution is 2.66. The summed E-state index contributed by atoms with van der Waals surface area (Å²) in [6.07, 6.45) is 6.30. The van der Waals surface area contributed by atoms with Gasteiger partial charge in [0, 0.05) is 0 Å². The number of fused-ring (bicyclic) bond motifs is 5. The van der Waals surface area contributed by atoms with Crippen LogP contribution in [-0.4, -0.2) is 5.11 Å². The van der Waals surface area contributed by atoms with E-state index in [2.05, 4.69) is 0 Å². The average Bonchev–Trinajstić information content (AvgIpc) is 2.95. The molecule has 3 aliphatic rings. The Labute approximate surface area is 111 Å². The number of aliphatic hydroxyl groups is 1. The predicted octanol–water partition coefficient (Wildman–Crippen LogP) is 4.05. The molecule has 1 aromatic rings. The summed E-state index contributed by atoms with van der Waals surface area (Å²) in [5.41, 5.74) is -0.596. The van der Waals surface area contributed by atoms with E-state index in [0.29, 0.717) is 5.92 Å². The summed E-state index contributed by atoms with van der Waals surface area (Å²) in [7, 11) is 0. The summed E-state index contributed by atoms with van der Waals surface area (Å²) in [4.78, 5) is 1.04. The van der Waals surface area contributed by atoms with Crippen LogP contribution in [0.5, 0.6) is 0 Å². The third kappa shape index (κ3) is 1.30. The van der Waals surface area contributed by atoms with Gasteiger partial charge in [-0.1, -0.05) is 18.0 Å². The van der Waals surface area contributed by atoms with Crippen molar-refractivity contribution >= 4 is 22.9 Å². The van der Waals surface area contributed by atoms with Crippen LogP contribution in [0.2, 0.25) is 5.02 Å². The van der Waals surface area contributed by atoms with E-state index >= 15 is 0 Å². The first kappa shape index (κ1) is 10.8. The first-order valence-electron chi connectivity index (χ1n) is 6.66. The molecule has 1 N–H and O–H groups in total. The number of rotatable bonds is 1. The highest BCUT2D eigenvalue weighted by molar-refractivity contribution is 7.10. The molecule has 2 bridgehead atoms. The van der Waals surface area contributed by atoms with Crippen LogP contribution in [-0.2, 0) is 5.60 Å². The fourth-order valence-corrected chi connectivity index (χ4v) is 6.37. The van der Waals surface area contributed by atoms with Crippen molar-refractivity contribution < 1.29 is 5.11 Å². The lowest BCUT2D eigenvalue weighted by molar-refractivity contribution is -0.0481. The smallest absolute Gasteiger partial charge is 0.104 e. The Morgan fingerprint density at radius 1 is 1.35 bits per heavy atom. The number of hydrogen-bond donors (Lipinski definition) is 1. The van der Waals surface area contributed by atoms with Crippen LogP contribution in [0.1, 0.15) is 37.0 Å². The van der Waals surface area contributed by atoms with E-state index in [1.54, 1.807) is 11.3 Å². The molecule has 1 aromatic heterocycles. The Morgan fingerprint density at radius 2 is 2.18 bits per heavy atom. The Kier molecular flexibility index (Phi) is 2.23. The second kappa shape index (κ2) is 3.49. The van der Waals surface area contributed by atoms with Crippen LogP contribution < -0.4 is 0 Å². The molecule has 5 atom stereocenters. The van der Waals surface area contributed by atoms with E-state index < -0.39 is 5.60 Å². The first-order valence-corrected chi connectivity index (χ1v) is 7.92. The zero-order valence-electron chi connectivity index (χ0n) is 9.73. The number of hydrogen-bond acceptors (Lipinski definition) is 2. The first-order chi connectivity index (χ1) is 8.20. The van der Waals surface area contributed by atoms with Crippen molar-refractivity contribution in [2.24, 2.45) is 23.7 Å². The summed E-state index contributed by atoms with van der Waals surface area (Å²) in [5.74, 6) is 2.93. The largest absolute Gasteiger partial charge is 0.384 e. The lowest BCUT2D eigenvalue weighted by Gasteiger charge is -2.38. The Bertz CT molecular complexity index is 457. The van der Waals surface area contributed by atoms with Crippen LogP contribution in [0.15, 0.2) is 11.4 Å². The van der Waals surface area contributed by atoms with E-state index in [0.717, 1.165) is 34.1 Å². The van der Waals surface area contributed by atoms with Crippen molar-refractivity contribution in [3.05, 3.63) is 21.3 Å². The molecular weight excluding hydrogens is 252 g/mol. The van der Waals surface area contributed by atoms with Gasteiger partial charge in [-0.25, -0.2) is 0 Å². The van der Waals surface area contributed by atoms with Gasteiger partial charge in [-0.05, 0) is 60.8 Å². The van der Waals surface area contributed by atoms with E-state index in [1.807, 2.05) is 11.4 Å². The van der Waals surface area contributed by atoms with Gasteiger partial charge in [0.2, 0.25) is 0 Å². The molecule has 1 nitrogen and oxygen atoms in total. The molecule has 17 heavy (non-hydrogen) atoms. The van der Waals surface area contributed by atoms with E-state index in [4.69, 9.17) is 11.6 Å². The Morgan fingerprint density at radius 3 is 2.94 bits per heavy atom. The highest BCUT2D eigenvalue weighted by Gasteiger charge is 2.61. The molecular formula is C14H17ClOS. The maximum absolute atomic E-state index is 11.1. The molecule has 0 amide bonds.